The molecule has 0 bridgehead atoms. The third-order valence-electron chi connectivity index (χ3n) is 7.94. The highest BCUT2D eigenvalue weighted by Crippen LogP contribution is 2.32. The largest absolute Gasteiger partial charge is 0.465 e. The summed E-state index contributed by atoms with van der Waals surface area (Å²) in [5.74, 6) is -5.76. The molecule has 0 aliphatic carbocycles. The molecule has 4 rings (SSSR count). The summed E-state index contributed by atoms with van der Waals surface area (Å²) in [7, 11) is -3.46. The molecule has 3 amide bonds. The van der Waals surface area contributed by atoms with Crippen molar-refractivity contribution < 1.29 is 49.9 Å². The van der Waals surface area contributed by atoms with Crippen molar-refractivity contribution in [3.05, 3.63) is 58.1 Å². The van der Waals surface area contributed by atoms with Gasteiger partial charge in [-0.25, -0.2) is 22.0 Å². The van der Waals surface area contributed by atoms with Crippen LogP contribution in [0.4, 0.5) is 38.1 Å². The fourth-order valence-corrected chi connectivity index (χ4v) is 6.99. The van der Waals surface area contributed by atoms with E-state index in [1.807, 2.05) is 4.90 Å². The Hall–Kier alpha value is -3.70. The van der Waals surface area contributed by atoms with Crippen LogP contribution in [0, 0.1) is 11.6 Å². The number of piperazine rings is 1. The van der Waals surface area contributed by atoms with Crippen LogP contribution in [-0.2, 0) is 21.2 Å². The lowest BCUT2D eigenvalue weighted by atomic mass is 9.91. The molecule has 2 aromatic rings. The smallest absolute Gasteiger partial charge is 0.405 e. The number of carbonyl (C=O) groups excluding carboxylic acids is 2. The van der Waals surface area contributed by atoms with E-state index >= 15 is 8.78 Å². The van der Waals surface area contributed by atoms with Crippen molar-refractivity contribution in [2.24, 2.45) is 0 Å². The number of rotatable bonds is 9. The topological polar surface area (TPSA) is 148 Å². The Morgan fingerprint density at radius 1 is 0.978 bits per heavy atom. The van der Waals surface area contributed by atoms with Crippen LogP contribution in [0.2, 0.25) is 5.02 Å². The van der Waals surface area contributed by atoms with Gasteiger partial charge in [0.05, 0.1) is 34.9 Å². The number of anilines is 2. The summed E-state index contributed by atoms with van der Waals surface area (Å²) in [6, 6.07) is 6.54. The van der Waals surface area contributed by atoms with Crippen LogP contribution in [0.25, 0.3) is 0 Å². The van der Waals surface area contributed by atoms with E-state index in [2.05, 4.69) is 16.0 Å². The molecule has 252 valence electrons. The predicted molar refractivity (Wildman–Crippen MR) is 159 cm³/mol. The Balaban J connectivity index is 1.43. The van der Waals surface area contributed by atoms with Gasteiger partial charge in [0.1, 0.15) is 5.54 Å². The number of alkyl halides is 3. The predicted octanol–water partition coefficient (Wildman–Crippen LogP) is 3.78. The highest BCUT2D eigenvalue weighted by molar-refractivity contribution is 7.91. The lowest BCUT2D eigenvalue weighted by Crippen LogP contribution is -2.61. The number of carboxylic acid groups (broad SMARTS) is 1. The van der Waals surface area contributed by atoms with E-state index in [1.54, 1.807) is 11.0 Å². The molecular formula is C28H31ClF5N5O6S. The second-order valence-corrected chi connectivity index (χ2v) is 13.8. The molecule has 46 heavy (non-hydrogen) atoms. The molecule has 4 N–H and O–H groups in total. The Morgan fingerprint density at radius 2 is 1.63 bits per heavy atom. The standard InChI is InChI=1S/C28H31ClF5N5O6S/c29-18-2-4-20(21(15-18)39-11-9-38(10-12-39)8-5-28(32,33)34)36-24(40)19-3-1-17(22(30)23(19)31)16-35-25(41)27(37-26(42)43)6-13-46(44,45)14-7-27/h1-4,15,37H,5-14,16H2,(H,35,41)(H,36,40)(H,42,43). The number of benzene rings is 2. The van der Waals surface area contributed by atoms with Crippen molar-refractivity contribution in [3.63, 3.8) is 0 Å². The molecule has 2 aromatic carbocycles. The van der Waals surface area contributed by atoms with Gasteiger partial charge in [0.2, 0.25) is 5.91 Å². The van der Waals surface area contributed by atoms with E-state index in [0.717, 1.165) is 12.1 Å². The van der Waals surface area contributed by atoms with Crippen molar-refractivity contribution in [3.8, 4) is 0 Å². The minimum absolute atomic E-state index is 0.147. The fourth-order valence-electron chi connectivity index (χ4n) is 5.31. The molecule has 0 saturated carbocycles. The van der Waals surface area contributed by atoms with Crippen LogP contribution in [-0.4, -0.2) is 92.3 Å². The second-order valence-electron chi connectivity index (χ2n) is 11.1. The number of halogens is 6. The highest BCUT2D eigenvalue weighted by atomic mass is 35.5. The van der Waals surface area contributed by atoms with Gasteiger partial charge >= 0.3 is 12.3 Å². The number of hydrogen-bond donors (Lipinski definition) is 4. The third kappa shape index (κ3) is 8.76. The van der Waals surface area contributed by atoms with Gasteiger partial charge in [-0.05, 0) is 37.1 Å². The van der Waals surface area contributed by atoms with Gasteiger partial charge in [0.25, 0.3) is 5.91 Å². The highest BCUT2D eigenvalue weighted by Gasteiger charge is 2.45. The molecule has 2 saturated heterocycles. The van der Waals surface area contributed by atoms with E-state index in [-0.39, 0.29) is 30.6 Å². The summed E-state index contributed by atoms with van der Waals surface area (Å²) < 4.78 is 91.6. The van der Waals surface area contributed by atoms with E-state index in [9.17, 15) is 41.1 Å². The maximum Gasteiger partial charge on any atom is 0.405 e. The third-order valence-corrected chi connectivity index (χ3v) is 9.83. The molecule has 2 heterocycles. The minimum Gasteiger partial charge on any atom is -0.465 e. The second kappa shape index (κ2) is 14.0. The van der Waals surface area contributed by atoms with Gasteiger partial charge in [-0.15, -0.1) is 0 Å². The zero-order chi connectivity index (χ0) is 33.9. The van der Waals surface area contributed by atoms with Gasteiger partial charge in [-0.2, -0.15) is 13.2 Å². The van der Waals surface area contributed by atoms with Crippen molar-refractivity contribution in [2.75, 3.05) is 54.4 Å². The lowest BCUT2D eigenvalue weighted by Gasteiger charge is -2.37. The number of sulfone groups is 1. The molecular weight excluding hydrogens is 665 g/mol. The molecule has 2 aliphatic heterocycles. The van der Waals surface area contributed by atoms with Crippen molar-refractivity contribution in [2.45, 2.75) is 37.5 Å². The van der Waals surface area contributed by atoms with Crippen molar-refractivity contribution >= 4 is 50.7 Å². The summed E-state index contributed by atoms with van der Waals surface area (Å²) in [6.45, 7) is 0.551. The average Bonchev–Trinajstić information content (AvgIpc) is 2.98. The van der Waals surface area contributed by atoms with Crippen LogP contribution >= 0.6 is 11.6 Å². The van der Waals surface area contributed by atoms with Crippen LogP contribution in [0.15, 0.2) is 30.3 Å². The van der Waals surface area contributed by atoms with E-state index in [1.165, 1.54) is 12.1 Å². The monoisotopic (exact) mass is 695 g/mol. The van der Waals surface area contributed by atoms with Gasteiger partial charge in [0, 0.05) is 49.9 Å². The Labute approximate surface area is 266 Å². The number of carbonyl (C=O) groups is 3. The van der Waals surface area contributed by atoms with Gasteiger partial charge < -0.3 is 26.0 Å². The first-order chi connectivity index (χ1) is 21.5. The Bertz CT molecular complexity index is 1590. The van der Waals surface area contributed by atoms with Crippen LogP contribution < -0.4 is 20.9 Å². The summed E-state index contributed by atoms with van der Waals surface area (Å²) in [4.78, 5) is 40.7. The molecule has 0 atom stereocenters. The molecule has 0 unspecified atom stereocenters. The summed E-state index contributed by atoms with van der Waals surface area (Å²) in [5, 5.41) is 16.4. The molecule has 0 spiro atoms. The minimum atomic E-state index is -4.27. The van der Waals surface area contributed by atoms with Gasteiger partial charge in [-0.1, -0.05) is 17.7 Å². The summed E-state index contributed by atoms with van der Waals surface area (Å²) in [5.41, 5.74) is -2.15. The Morgan fingerprint density at radius 3 is 2.24 bits per heavy atom. The SMILES string of the molecule is O=C(O)NC1(C(=O)NCc2ccc(C(=O)Nc3ccc(Cl)cc3N3CCN(CCC(F)(F)F)CC3)c(F)c2F)CCS(=O)(=O)CC1. The van der Waals surface area contributed by atoms with Crippen molar-refractivity contribution in [1.82, 2.24) is 15.5 Å². The first-order valence-electron chi connectivity index (χ1n) is 14.1. The molecule has 2 aliphatic rings. The fraction of sp³-hybridized carbons (Fsp3) is 0.464. The van der Waals surface area contributed by atoms with Crippen LogP contribution in [0.1, 0.15) is 35.2 Å². The zero-order valence-corrected chi connectivity index (χ0v) is 25.8. The van der Waals surface area contributed by atoms with Crippen molar-refractivity contribution in [1.29, 1.82) is 0 Å². The normalized spacial score (nSPS) is 18.1. The summed E-state index contributed by atoms with van der Waals surface area (Å²) in [6.07, 6.45) is -7.46. The lowest BCUT2D eigenvalue weighted by molar-refractivity contribution is -0.138. The molecule has 0 aromatic heterocycles. The maximum atomic E-state index is 15.1. The maximum absolute atomic E-state index is 15.1. The molecule has 11 nitrogen and oxygen atoms in total. The number of hydrogen-bond acceptors (Lipinski definition) is 7. The molecule has 0 radical (unpaired) electrons. The quantitative estimate of drug-likeness (QED) is 0.290. The zero-order valence-electron chi connectivity index (χ0n) is 24.2. The number of amides is 3. The number of nitrogens with one attached hydrogen (secondary N) is 3. The van der Waals surface area contributed by atoms with Crippen LogP contribution in [0.5, 0.6) is 0 Å². The number of nitrogens with zero attached hydrogens (tertiary/aromatic N) is 2. The van der Waals surface area contributed by atoms with E-state index in [0.29, 0.717) is 36.9 Å². The average molecular weight is 696 g/mol. The van der Waals surface area contributed by atoms with Gasteiger partial charge in [0.15, 0.2) is 21.5 Å². The van der Waals surface area contributed by atoms with E-state index < -0.39 is 81.1 Å². The molecule has 2 fully saturated rings. The first kappa shape index (κ1) is 35.2. The van der Waals surface area contributed by atoms with Crippen LogP contribution in [0.3, 0.4) is 0 Å². The van der Waals surface area contributed by atoms with Gasteiger partial charge in [-0.3, -0.25) is 14.5 Å². The van der Waals surface area contributed by atoms with E-state index in [4.69, 9.17) is 11.6 Å². The summed E-state index contributed by atoms with van der Waals surface area (Å²) >= 11 is 6.15. The first-order valence-corrected chi connectivity index (χ1v) is 16.3. The Kier molecular flexibility index (Phi) is 10.7. The molecule has 18 heteroatoms.